The van der Waals surface area contributed by atoms with Gasteiger partial charge in [-0.3, -0.25) is 14.5 Å². The topological polar surface area (TPSA) is 66.7 Å². The molecule has 134 valence electrons. The highest BCUT2D eigenvalue weighted by molar-refractivity contribution is 7.12. The number of hydrogen-bond acceptors (Lipinski definition) is 6. The molecule has 1 saturated heterocycles. The van der Waals surface area contributed by atoms with Crippen LogP contribution in [0.4, 0.5) is 0 Å². The summed E-state index contributed by atoms with van der Waals surface area (Å²) in [6, 6.07) is 3.76. The fraction of sp³-hybridized carbons (Fsp3) is 0.500. The Labute approximate surface area is 151 Å². The van der Waals surface area contributed by atoms with Gasteiger partial charge in [-0.25, -0.2) is 0 Å². The molecule has 0 radical (unpaired) electrons. The van der Waals surface area contributed by atoms with Gasteiger partial charge in [0.25, 0.3) is 0 Å². The summed E-state index contributed by atoms with van der Waals surface area (Å²) in [5.74, 6) is 1.11. The van der Waals surface area contributed by atoms with Crippen molar-refractivity contribution >= 4 is 23.0 Å². The van der Waals surface area contributed by atoms with Crippen molar-refractivity contribution in [1.82, 2.24) is 15.0 Å². The summed E-state index contributed by atoms with van der Waals surface area (Å²) in [5.41, 5.74) is 1.90. The molecule has 6 nitrogen and oxygen atoms in total. The van der Waals surface area contributed by atoms with E-state index in [1.807, 2.05) is 36.3 Å². The molecule has 25 heavy (non-hydrogen) atoms. The van der Waals surface area contributed by atoms with Gasteiger partial charge < -0.3 is 9.42 Å². The second-order valence-corrected chi connectivity index (χ2v) is 7.31. The van der Waals surface area contributed by atoms with Gasteiger partial charge in [0.15, 0.2) is 5.78 Å². The quantitative estimate of drug-likeness (QED) is 0.739. The Morgan fingerprint density at radius 1 is 1.24 bits per heavy atom. The van der Waals surface area contributed by atoms with Crippen molar-refractivity contribution in [2.75, 3.05) is 32.7 Å². The van der Waals surface area contributed by atoms with Gasteiger partial charge in [-0.1, -0.05) is 11.2 Å². The second-order valence-electron chi connectivity index (χ2n) is 6.36. The molecule has 0 saturated carbocycles. The highest BCUT2D eigenvalue weighted by Crippen LogP contribution is 2.16. The zero-order chi connectivity index (χ0) is 17.8. The molecule has 0 aromatic carbocycles. The molecule has 7 heteroatoms. The first kappa shape index (κ1) is 17.8. The van der Waals surface area contributed by atoms with Crippen LogP contribution in [0.1, 0.15) is 33.1 Å². The number of piperazine rings is 1. The van der Waals surface area contributed by atoms with E-state index >= 15 is 0 Å². The van der Waals surface area contributed by atoms with Crippen LogP contribution >= 0.6 is 11.3 Å². The lowest BCUT2D eigenvalue weighted by Gasteiger charge is -2.34. The minimum absolute atomic E-state index is 0.157. The van der Waals surface area contributed by atoms with Gasteiger partial charge in [-0.15, -0.1) is 11.3 Å². The third-order valence-electron chi connectivity index (χ3n) is 4.66. The van der Waals surface area contributed by atoms with Crippen LogP contribution in [0.3, 0.4) is 0 Å². The number of aryl methyl sites for hydroxylation is 2. The summed E-state index contributed by atoms with van der Waals surface area (Å²) >= 11 is 1.48. The third kappa shape index (κ3) is 4.35. The van der Waals surface area contributed by atoms with Crippen molar-refractivity contribution in [2.24, 2.45) is 0 Å². The van der Waals surface area contributed by atoms with E-state index in [-0.39, 0.29) is 11.7 Å². The molecule has 2 aromatic rings. The maximum atomic E-state index is 12.4. The van der Waals surface area contributed by atoms with Gasteiger partial charge in [0, 0.05) is 38.2 Å². The molecule has 3 heterocycles. The Hall–Kier alpha value is -1.99. The standard InChI is InChI=1S/C18H23N3O3S/c1-13-15(14(2)24-19-13)5-6-18(23)21-9-7-20(8-10-21)12-16(22)17-4-3-11-25-17/h3-4,11H,5-10,12H2,1-2H3. The van der Waals surface area contributed by atoms with Gasteiger partial charge >= 0.3 is 0 Å². The number of ketones is 1. The van der Waals surface area contributed by atoms with E-state index in [4.69, 9.17) is 4.52 Å². The van der Waals surface area contributed by atoms with Crippen molar-refractivity contribution in [3.8, 4) is 0 Å². The summed E-state index contributed by atoms with van der Waals surface area (Å²) in [5, 5.41) is 5.85. The Kier molecular flexibility index (Phi) is 5.65. The number of hydrogen-bond donors (Lipinski definition) is 0. The first-order chi connectivity index (χ1) is 12.0. The van der Waals surface area contributed by atoms with Crippen LogP contribution < -0.4 is 0 Å². The van der Waals surface area contributed by atoms with Crippen LogP contribution in [0, 0.1) is 13.8 Å². The van der Waals surface area contributed by atoms with E-state index in [1.165, 1.54) is 11.3 Å². The number of Topliss-reactive ketones (excluding diaryl/α,β-unsaturated/α-hetero) is 1. The third-order valence-corrected chi connectivity index (χ3v) is 5.57. The first-order valence-corrected chi connectivity index (χ1v) is 9.41. The van der Waals surface area contributed by atoms with Crippen LogP contribution in [-0.4, -0.2) is 59.4 Å². The van der Waals surface area contributed by atoms with E-state index < -0.39 is 0 Å². The maximum Gasteiger partial charge on any atom is 0.222 e. The van der Waals surface area contributed by atoms with Crippen LogP contribution in [0.15, 0.2) is 22.0 Å². The monoisotopic (exact) mass is 361 g/mol. The summed E-state index contributed by atoms with van der Waals surface area (Å²) < 4.78 is 5.14. The van der Waals surface area contributed by atoms with Crippen molar-refractivity contribution in [1.29, 1.82) is 0 Å². The van der Waals surface area contributed by atoms with Crippen LogP contribution in [-0.2, 0) is 11.2 Å². The molecule has 1 aliphatic rings. The largest absolute Gasteiger partial charge is 0.361 e. The molecular formula is C18H23N3O3S. The smallest absolute Gasteiger partial charge is 0.222 e. The number of nitrogens with zero attached hydrogens (tertiary/aromatic N) is 3. The maximum absolute atomic E-state index is 12.4. The van der Waals surface area contributed by atoms with E-state index in [2.05, 4.69) is 10.1 Å². The summed E-state index contributed by atoms with van der Waals surface area (Å²) in [4.78, 5) is 29.4. The van der Waals surface area contributed by atoms with E-state index in [9.17, 15) is 9.59 Å². The van der Waals surface area contributed by atoms with Gasteiger partial charge in [-0.05, 0) is 31.7 Å². The molecule has 0 aliphatic carbocycles. The van der Waals surface area contributed by atoms with Gasteiger partial charge in [0.05, 0.1) is 17.1 Å². The predicted octanol–water partition coefficient (Wildman–Crippen LogP) is 2.31. The van der Waals surface area contributed by atoms with Crippen LogP contribution in [0.2, 0.25) is 0 Å². The molecule has 2 aromatic heterocycles. The number of amides is 1. The molecule has 0 N–H and O–H groups in total. The minimum Gasteiger partial charge on any atom is -0.361 e. The first-order valence-electron chi connectivity index (χ1n) is 8.53. The second kappa shape index (κ2) is 7.93. The molecule has 0 spiro atoms. The van der Waals surface area contributed by atoms with Crippen LogP contribution in [0.5, 0.6) is 0 Å². The van der Waals surface area contributed by atoms with E-state index in [0.717, 1.165) is 35.0 Å². The van der Waals surface area contributed by atoms with Gasteiger partial charge in [0.2, 0.25) is 5.91 Å². The lowest BCUT2D eigenvalue weighted by Crippen LogP contribution is -2.49. The Morgan fingerprint density at radius 2 is 2.00 bits per heavy atom. The van der Waals surface area contributed by atoms with Gasteiger partial charge in [0.1, 0.15) is 5.76 Å². The number of carbonyl (C=O) groups is 2. The average Bonchev–Trinajstić information content (AvgIpc) is 3.24. The fourth-order valence-corrected chi connectivity index (χ4v) is 3.78. The van der Waals surface area contributed by atoms with E-state index in [1.54, 1.807) is 0 Å². The lowest BCUT2D eigenvalue weighted by molar-refractivity contribution is -0.132. The summed E-state index contributed by atoms with van der Waals surface area (Å²) in [7, 11) is 0. The molecule has 0 unspecified atom stereocenters. The Morgan fingerprint density at radius 3 is 2.60 bits per heavy atom. The van der Waals surface area contributed by atoms with Gasteiger partial charge in [-0.2, -0.15) is 0 Å². The highest BCUT2D eigenvalue weighted by atomic mass is 32.1. The predicted molar refractivity (Wildman–Crippen MR) is 96.0 cm³/mol. The number of carbonyl (C=O) groups excluding carboxylic acids is 2. The molecule has 0 atom stereocenters. The Bertz CT molecular complexity index is 711. The molecule has 3 rings (SSSR count). The van der Waals surface area contributed by atoms with E-state index in [0.29, 0.717) is 32.5 Å². The lowest BCUT2D eigenvalue weighted by atomic mass is 10.1. The van der Waals surface area contributed by atoms with Crippen LogP contribution in [0.25, 0.3) is 0 Å². The molecule has 1 amide bonds. The summed E-state index contributed by atoms with van der Waals surface area (Å²) in [6.07, 6.45) is 1.13. The SMILES string of the molecule is Cc1noc(C)c1CCC(=O)N1CCN(CC(=O)c2cccs2)CC1. The normalized spacial score (nSPS) is 15.5. The molecule has 1 fully saturated rings. The molecule has 1 aliphatic heterocycles. The molecular weight excluding hydrogens is 338 g/mol. The Balaban J connectivity index is 1.44. The average molecular weight is 361 g/mol. The molecule has 0 bridgehead atoms. The van der Waals surface area contributed by atoms with Crippen molar-refractivity contribution < 1.29 is 14.1 Å². The highest BCUT2D eigenvalue weighted by Gasteiger charge is 2.23. The van der Waals surface area contributed by atoms with Crippen molar-refractivity contribution in [2.45, 2.75) is 26.7 Å². The number of thiophene rings is 1. The number of aromatic nitrogens is 1. The zero-order valence-corrected chi connectivity index (χ0v) is 15.5. The van der Waals surface area contributed by atoms with Crippen molar-refractivity contribution in [3.63, 3.8) is 0 Å². The van der Waals surface area contributed by atoms with Crippen molar-refractivity contribution in [3.05, 3.63) is 39.4 Å². The zero-order valence-electron chi connectivity index (χ0n) is 14.7. The fourth-order valence-electron chi connectivity index (χ4n) is 3.12. The number of rotatable bonds is 6. The summed E-state index contributed by atoms with van der Waals surface area (Å²) in [6.45, 7) is 7.06. The minimum atomic E-state index is 0.157.